The third-order valence-electron chi connectivity index (χ3n) is 1.85. The Morgan fingerprint density at radius 3 is 2.46 bits per heavy atom. The van der Waals surface area contributed by atoms with E-state index in [4.69, 9.17) is 10.4 Å². The molecule has 0 fully saturated rings. The van der Waals surface area contributed by atoms with Crippen molar-refractivity contribution in [1.82, 2.24) is 4.90 Å². The molecule has 13 heavy (non-hydrogen) atoms. The van der Waals surface area contributed by atoms with Gasteiger partial charge in [-0.05, 0) is 20.8 Å². The van der Waals surface area contributed by atoms with E-state index in [-0.39, 0.29) is 12.5 Å². The summed E-state index contributed by atoms with van der Waals surface area (Å²) in [5.74, 6) is -0.230. The van der Waals surface area contributed by atoms with E-state index in [1.807, 2.05) is 13.0 Å². The van der Waals surface area contributed by atoms with Crippen LogP contribution in [0.4, 0.5) is 0 Å². The minimum absolute atomic E-state index is 0.0684. The van der Waals surface area contributed by atoms with Crippen LogP contribution < -0.4 is 0 Å². The van der Waals surface area contributed by atoms with Crippen molar-refractivity contribution in [1.29, 1.82) is 5.26 Å². The number of nitriles is 1. The van der Waals surface area contributed by atoms with Crippen LogP contribution in [0.2, 0.25) is 0 Å². The highest BCUT2D eigenvalue weighted by Gasteiger charge is 2.30. The van der Waals surface area contributed by atoms with E-state index in [1.54, 1.807) is 13.8 Å². The lowest BCUT2D eigenvalue weighted by Crippen LogP contribution is -2.41. The van der Waals surface area contributed by atoms with Crippen molar-refractivity contribution in [3.8, 4) is 6.07 Å². The average Bonchev–Trinajstić information content (AvgIpc) is 2.13. The van der Waals surface area contributed by atoms with Crippen molar-refractivity contribution >= 4 is 5.91 Å². The maximum Gasteiger partial charge on any atom is 0.242 e. The van der Waals surface area contributed by atoms with Gasteiger partial charge in [0.1, 0.15) is 5.41 Å². The smallest absolute Gasteiger partial charge is 0.242 e. The van der Waals surface area contributed by atoms with Gasteiger partial charge in [-0.1, -0.05) is 0 Å². The van der Waals surface area contributed by atoms with Crippen LogP contribution in [0.15, 0.2) is 0 Å². The molecule has 0 heterocycles. The normalized spacial score (nSPS) is 10.7. The van der Waals surface area contributed by atoms with E-state index in [0.29, 0.717) is 13.1 Å². The number of carbonyl (C=O) groups is 1. The highest BCUT2D eigenvalue weighted by atomic mass is 16.3. The van der Waals surface area contributed by atoms with Gasteiger partial charge in [0, 0.05) is 13.1 Å². The predicted molar refractivity (Wildman–Crippen MR) is 48.7 cm³/mol. The molecule has 0 aromatic rings. The van der Waals surface area contributed by atoms with Gasteiger partial charge in [-0.2, -0.15) is 5.26 Å². The number of aliphatic hydroxyl groups excluding tert-OH is 1. The fourth-order valence-corrected chi connectivity index (χ4v) is 0.967. The summed E-state index contributed by atoms with van der Waals surface area (Å²) in [6.45, 7) is 5.72. The maximum atomic E-state index is 11.6. The Morgan fingerprint density at radius 2 is 2.15 bits per heavy atom. The van der Waals surface area contributed by atoms with Crippen LogP contribution in [-0.4, -0.2) is 35.6 Å². The Balaban J connectivity index is 4.47. The minimum atomic E-state index is -0.995. The Hall–Kier alpha value is -1.08. The molecule has 4 heteroatoms. The predicted octanol–water partition coefficient (Wildman–Crippen LogP) is 0.377. The van der Waals surface area contributed by atoms with Gasteiger partial charge in [0.2, 0.25) is 5.91 Å². The first-order valence-electron chi connectivity index (χ1n) is 4.31. The first-order chi connectivity index (χ1) is 5.99. The van der Waals surface area contributed by atoms with E-state index in [2.05, 4.69) is 0 Å². The second kappa shape index (κ2) is 4.83. The van der Waals surface area contributed by atoms with Crippen molar-refractivity contribution in [3.63, 3.8) is 0 Å². The second-order valence-electron chi connectivity index (χ2n) is 3.35. The number of hydrogen-bond donors (Lipinski definition) is 1. The molecule has 0 unspecified atom stereocenters. The second-order valence-corrected chi connectivity index (χ2v) is 3.35. The van der Waals surface area contributed by atoms with Crippen LogP contribution in [0.1, 0.15) is 20.8 Å². The number of likely N-dealkylation sites (N-methyl/N-ethyl adjacent to an activating group) is 1. The van der Waals surface area contributed by atoms with Gasteiger partial charge in [0.25, 0.3) is 0 Å². The fourth-order valence-electron chi connectivity index (χ4n) is 0.967. The number of rotatable bonds is 4. The van der Waals surface area contributed by atoms with Crippen LogP contribution >= 0.6 is 0 Å². The van der Waals surface area contributed by atoms with Gasteiger partial charge in [-0.15, -0.1) is 0 Å². The molecule has 1 amide bonds. The molecule has 0 saturated heterocycles. The molecule has 0 rings (SSSR count). The van der Waals surface area contributed by atoms with Crippen molar-refractivity contribution in [2.75, 3.05) is 19.7 Å². The number of hydrogen-bond acceptors (Lipinski definition) is 3. The molecule has 0 aromatic carbocycles. The fraction of sp³-hybridized carbons (Fsp3) is 0.778. The number of amides is 1. The zero-order valence-electron chi connectivity index (χ0n) is 8.37. The highest BCUT2D eigenvalue weighted by molar-refractivity contribution is 5.84. The number of carbonyl (C=O) groups excluding carboxylic acids is 1. The van der Waals surface area contributed by atoms with Crippen LogP contribution in [0.3, 0.4) is 0 Å². The largest absolute Gasteiger partial charge is 0.395 e. The van der Waals surface area contributed by atoms with E-state index >= 15 is 0 Å². The quantitative estimate of drug-likeness (QED) is 0.686. The van der Waals surface area contributed by atoms with Gasteiger partial charge in [-0.3, -0.25) is 4.79 Å². The SMILES string of the molecule is CCN(CCO)C(=O)C(C)(C)C#N. The van der Waals surface area contributed by atoms with Gasteiger partial charge < -0.3 is 10.0 Å². The summed E-state index contributed by atoms with van der Waals surface area (Å²) in [6.07, 6.45) is 0. The summed E-state index contributed by atoms with van der Waals surface area (Å²) in [6, 6.07) is 1.94. The molecule has 0 aliphatic carbocycles. The molecular weight excluding hydrogens is 168 g/mol. The molecule has 0 atom stereocenters. The molecule has 4 nitrogen and oxygen atoms in total. The van der Waals surface area contributed by atoms with Crippen LogP contribution in [0.25, 0.3) is 0 Å². The summed E-state index contributed by atoms with van der Waals surface area (Å²) in [5.41, 5.74) is -0.995. The van der Waals surface area contributed by atoms with Crippen LogP contribution in [0, 0.1) is 16.7 Å². The summed E-state index contributed by atoms with van der Waals surface area (Å²) >= 11 is 0. The Morgan fingerprint density at radius 1 is 1.62 bits per heavy atom. The summed E-state index contributed by atoms with van der Waals surface area (Å²) in [5, 5.41) is 17.4. The van der Waals surface area contributed by atoms with Crippen molar-refractivity contribution in [3.05, 3.63) is 0 Å². The molecule has 0 radical (unpaired) electrons. The van der Waals surface area contributed by atoms with Crippen molar-refractivity contribution in [2.24, 2.45) is 5.41 Å². The lowest BCUT2D eigenvalue weighted by Gasteiger charge is -2.25. The zero-order valence-corrected chi connectivity index (χ0v) is 8.37. The molecule has 1 N–H and O–H groups in total. The number of nitrogens with zero attached hydrogens (tertiary/aromatic N) is 2. The molecule has 0 saturated carbocycles. The number of aliphatic hydroxyl groups is 1. The zero-order chi connectivity index (χ0) is 10.5. The maximum absolute atomic E-state index is 11.6. The molecule has 74 valence electrons. The summed E-state index contributed by atoms with van der Waals surface area (Å²) < 4.78 is 0. The van der Waals surface area contributed by atoms with Crippen molar-refractivity contribution in [2.45, 2.75) is 20.8 Å². The topological polar surface area (TPSA) is 64.3 Å². The van der Waals surface area contributed by atoms with Gasteiger partial charge in [-0.25, -0.2) is 0 Å². The van der Waals surface area contributed by atoms with Gasteiger partial charge in [0.15, 0.2) is 0 Å². The third kappa shape index (κ3) is 3.03. The molecule has 0 bridgehead atoms. The molecule has 0 aliphatic rings. The first kappa shape index (κ1) is 11.9. The highest BCUT2D eigenvalue weighted by Crippen LogP contribution is 2.16. The molecule has 0 spiro atoms. The summed E-state index contributed by atoms with van der Waals surface area (Å²) in [4.78, 5) is 13.1. The van der Waals surface area contributed by atoms with E-state index in [1.165, 1.54) is 4.90 Å². The van der Waals surface area contributed by atoms with E-state index in [9.17, 15) is 4.79 Å². The lowest BCUT2D eigenvalue weighted by molar-refractivity contribution is -0.137. The lowest BCUT2D eigenvalue weighted by atomic mass is 9.94. The minimum Gasteiger partial charge on any atom is -0.395 e. The first-order valence-corrected chi connectivity index (χ1v) is 4.31. The Bertz CT molecular complexity index is 218. The third-order valence-corrected chi connectivity index (χ3v) is 1.85. The Kier molecular flexibility index (Phi) is 4.43. The summed E-state index contributed by atoms with van der Waals surface area (Å²) in [7, 11) is 0. The molecule has 0 aromatic heterocycles. The Labute approximate surface area is 78.8 Å². The average molecular weight is 184 g/mol. The van der Waals surface area contributed by atoms with Gasteiger partial charge >= 0.3 is 0 Å². The molecule has 0 aliphatic heterocycles. The standard InChI is InChI=1S/C9H16N2O2/c1-4-11(5-6-12)8(13)9(2,3)7-10/h12H,4-6H2,1-3H3. The van der Waals surface area contributed by atoms with Crippen LogP contribution in [-0.2, 0) is 4.79 Å². The van der Waals surface area contributed by atoms with E-state index < -0.39 is 5.41 Å². The van der Waals surface area contributed by atoms with Crippen LogP contribution in [0.5, 0.6) is 0 Å². The van der Waals surface area contributed by atoms with Crippen molar-refractivity contribution < 1.29 is 9.90 Å². The van der Waals surface area contributed by atoms with E-state index in [0.717, 1.165) is 0 Å². The monoisotopic (exact) mass is 184 g/mol. The molecular formula is C9H16N2O2. The van der Waals surface area contributed by atoms with Gasteiger partial charge in [0.05, 0.1) is 12.7 Å².